The van der Waals surface area contributed by atoms with E-state index in [9.17, 15) is 4.79 Å². The van der Waals surface area contributed by atoms with E-state index in [1.165, 1.54) is 7.11 Å². The maximum Gasteiger partial charge on any atom is 0.338 e. The van der Waals surface area contributed by atoms with Gasteiger partial charge in [-0.05, 0) is 74.0 Å². The van der Waals surface area contributed by atoms with Crippen LogP contribution >= 0.6 is 34.8 Å². The van der Waals surface area contributed by atoms with Crippen LogP contribution in [0.15, 0.2) is 66.7 Å². The van der Waals surface area contributed by atoms with Gasteiger partial charge in [0.25, 0.3) is 0 Å². The highest BCUT2D eigenvalue weighted by molar-refractivity contribution is 6.36. The highest BCUT2D eigenvalue weighted by Crippen LogP contribution is 2.37. The molecule has 3 aromatic carbocycles. The summed E-state index contributed by atoms with van der Waals surface area (Å²) in [7, 11) is 1.38. The fourth-order valence-electron chi connectivity index (χ4n) is 3.82. The molecule has 174 valence electrons. The molecule has 0 N–H and O–H groups in total. The Labute approximate surface area is 213 Å². The Morgan fingerprint density at radius 1 is 0.912 bits per heavy atom. The predicted molar refractivity (Wildman–Crippen MR) is 138 cm³/mol. The average Bonchev–Trinajstić information content (AvgIpc) is 3.20. The van der Waals surface area contributed by atoms with E-state index in [1.807, 2.05) is 60.9 Å². The normalized spacial score (nSPS) is 10.9. The van der Waals surface area contributed by atoms with Gasteiger partial charge in [0.2, 0.25) is 0 Å². The summed E-state index contributed by atoms with van der Waals surface area (Å²) < 4.78 is 13.2. The van der Waals surface area contributed by atoms with Gasteiger partial charge < -0.3 is 14.0 Å². The van der Waals surface area contributed by atoms with Crippen molar-refractivity contribution in [1.82, 2.24) is 4.57 Å². The van der Waals surface area contributed by atoms with Gasteiger partial charge in [-0.2, -0.15) is 0 Å². The Morgan fingerprint density at radius 3 is 2.35 bits per heavy atom. The predicted octanol–water partition coefficient (Wildman–Crippen LogP) is 8.09. The lowest BCUT2D eigenvalue weighted by Crippen LogP contribution is -2.07. The van der Waals surface area contributed by atoms with Crippen LogP contribution in [0.25, 0.3) is 16.9 Å². The lowest BCUT2D eigenvalue weighted by atomic mass is 10.1. The zero-order valence-electron chi connectivity index (χ0n) is 18.9. The summed E-state index contributed by atoms with van der Waals surface area (Å²) in [5, 5.41) is 1.65. The lowest BCUT2D eigenvalue weighted by Gasteiger charge is -2.17. The Hall–Kier alpha value is -2.92. The van der Waals surface area contributed by atoms with Crippen LogP contribution in [0.1, 0.15) is 27.2 Å². The van der Waals surface area contributed by atoms with Crippen molar-refractivity contribution in [2.24, 2.45) is 0 Å². The smallest absolute Gasteiger partial charge is 0.338 e. The molecule has 4 rings (SSSR count). The SMILES string of the molecule is COC(=O)c1cc(-n2c(C)ccc2-c2cc(Cl)ccc2OCc2c(Cl)cccc2Cl)ccc1C. The fourth-order valence-corrected chi connectivity index (χ4v) is 4.50. The molecule has 1 heterocycles. The van der Waals surface area contributed by atoms with E-state index in [0.717, 1.165) is 28.2 Å². The molecule has 4 nitrogen and oxygen atoms in total. The number of hydrogen-bond acceptors (Lipinski definition) is 3. The quantitative estimate of drug-likeness (QED) is 0.244. The standard InChI is InChI=1S/C27H22Cl3NO3/c1-16-7-10-19(14-20(16)27(32)33-3)31-17(2)8-11-25(31)21-13-18(28)9-12-26(21)34-15-22-23(29)5-4-6-24(22)30/h4-14H,15H2,1-3H3. The highest BCUT2D eigenvalue weighted by atomic mass is 35.5. The van der Waals surface area contributed by atoms with Crippen molar-refractivity contribution >= 4 is 40.8 Å². The number of aryl methyl sites for hydroxylation is 2. The van der Waals surface area contributed by atoms with E-state index in [0.29, 0.717) is 31.9 Å². The fraction of sp³-hybridized carbons (Fsp3) is 0.148. The van der Waals surface area contributed by atoms with Gasteiger partial charge in [0.15, 0.2) is 0 Å². The Kier molecular flexibility index (Phi) is 7.22. The number of esters is 1. The molecule has 0 bridgehead atoms. The summed E-state index contributed by atoms with van der Waals surface area (Å²) in [6, 6.07) is 20.5. The topological polar surface area (TPSA) is 40.5 Å². The second-order valence-corrected chi connectivity index (χ2v) is 9.07. The number of halogens is 3. The largest absolute Gasteiger partial charge is 0.488 e. The molecule has 0 aliphatic carbocycles. The van der Waals surface area contributed by atoms with Crippen LogP contribution < -0.4 is 4.74 Å². The van der Waals surface area contributed by atoms with Crippen LogP contribution in [0, 0.1) is 13.8 Å². The molecule has 0 saturated heterocycles. The zero-order chi connectivity index (χ0) is 24.4. The van der Waals surface area contributed by atoms with Crippen molar-refractivity contribution in [2.45, 2.75) is 20.5 Å². The number of aromatic nitrogens is 1. The lowest BCUT2D eigenvalue weighted by molar-refractivity contribution is 0.0600. The Morgan fingerprint density at radius 2 is 1.65 bits per heavy atom. The van der Waals surface area contributed by atoms with Gasteiger partial charge in [0, 0.05) is 37.6 Å². The maximum absolute atomic E-state index is 12.3. The Balaban J connectivity index is 1.79. The zero-order valence-corrected chi connectivity index (χ0v) is 21.1. The van der Waals surface area contributed by atoms with Gasteiger partial charge in [-0.1, -0.05) is 46.9 Å². The molecule has 1 aromatic heterocycles. The van der Waals surface area contributed by atoms with Crippen LogP contribution in [0.3, 0.4) is 0 Å². The van der Waals surface area contributed by atoms with Crippen LogP contribution in [0.2, 0.25) is 15.1 Å². The second kappa shape index (κ2) is 10.1. The number of methoxy groups -OCH3 is 1. The molecule has 0 saturated carbocycles. The van der Waals surface area contributed by atoms with Crippen molar-refractivity contribution in [2.75, 3.05) is 7.11 Å². The highest BCUT2D eigenvalue weighted by Gasteiger charge is 2.18. The molecule has 4 aromatic rings. The molecular formula is C27H22Cl3NO3. The number of carbonyl (C=O) groups excluding carboxylic acids is 1. The van der Waals surface area contributed by atoms with Gasteiger partial charge in [-0.15, -0.1) is 0 Å². The minimum Gasteiger partial charge on any atom is -0.488 e. The van der Waals surface area contributed by atoms with E-state index in [-0.39, 0.29) is 12.6 Å². The molecule has 0 radical (unpaired) electrons. The molecule has 0 unspecified atom stereocenters. The van der Waals surface area contributed by atoms with Crippen LogP contribution in [-0.4, -0.2) is 17.6 Å². The van der Waals surface area contributed by atoms with E-state index in [4.69, 9.17) is 44.3 Å². The van der Waals surface area contributed by atoms with Crippen molar-refractivity contribution in [3.05, 3.63) is 104 Å². The van der Waals surface area contributed by atoms with E-state index in [1.54, 1.807) is 24.3 Å². The van der Waals surface area contributed by atoms with Crippen molar-refractivity contribution in [3.63, 3.8) is 0 Å². The third kappa shape index (κ3) is 4.80. The number of hydrogen-bond donors (Lipinski definition) is 0. The number of benzene rings is 3. The first-order valence-electron chi connectivity index (χ1n) is 10.5. The third-order valence-electron chi connectivity index (χ3n) is 5.61. The van der Waals surface area contributed by atoms with E-state index >= 15 is 0 Å². The molecule has 34 heavy (non-hydrogen) atoms. The molecule has 0 amide bonds. The maximum atomic E-state index is 12.3. The molecule has 0 aliphatic rings. The molecule has 0 spiro atoms. The first kappa shape index (κ1) is 24.2. The van der Waals surface area contributed by atoms with E-state index < -0.39 is 0 Å². The minimum atomic E-state index is -0.380. The van der Waals surface area contributed by atoms with E-state index in [2.05, 4.69) is 0 Å². The monoisotopic (exact) mass is 513 g/mol. The third-order valence-corrected chi connectivity index (χ3v) is 6.56. The first-order chi connectivity index (χ1) is 16.3. The first-order valence-corrected chi connectivity index (χ1v) is 11.7. The summed E-state index contributed by atoms with van der Waals surface area (Å²) in [5.41, 5.74) is 5.52. The number of carbonyl (C=O) groups is 1. The molecule has 0 fully saturated rings. The van der Waals surface area contributed by atoms with Crippen molar-refractivity contribution in [1.29, 1.82) is 0 Å². The van der Waals surface area contributed by atoms with Gasteiger partial charge in [-0.25, -0.2) is 4.79 Å². The minimum absolute atomic E-state index is 0.198. The summed E-state index contributed by atoms with van der Waals surface area (Å²) >= 11 is 19.0. The van der Waals surface area contributed by atoms with Crippen LogP contribution in [0.5, 0.6) is 5.75 Å². The van der Waals surface area contributed by atoms with Gasteiger partial charge in [0.05, 0.1) is 18.4 Å². The average molecular weight is 515 g/mol. The molecule has 7 heteroatoms. The second-order valence-electron chi connectivity index (χ2n) is 7.82. The Bertz CT molecular complexity index is 1360. The molecular weight excluding hydrogens is 493 g/mol. The number of nitrogens with zero attached hydrogens (tertiary/aromatic N) is 1. The van der Waals surface area contributed by atoms with Crippen LogP contribution in [0.4, 0.5) is 0 Å². The van der Waals surface area contributed by atoms with Gasteiger partial charge in [-0.3, -0.25) is 0 Å². The summed E-state index contributed by atoms with van der Waals surface area (Å²) in [4.78, 5) is 12.3. The summed E-state index contributed by atoms with van der Waals surface area (Å²) in [6.07, 6.45) is 0. The number of rotatable bonds is 6. The summed E-state index contributed by atoms with van der Waals surface area (Å²) in [5.74, 6) is 0.245. The van der Waals surface area contributed by atoms with Gasteiger partial charge >= 0.3 is 5.97 Å². The molecule has 0 aliphatic heterocycles. The van der Waals surface area contributed by atoms with Gasteiger partial charge in [0.1, 0.15) is 12.4 Å². The van der Waals surface area contributed by atoms with Crippen LogP contribution in [-0.2, 0) is 11.3 Å². The van der Waals surface area contributed by atoms with Crippen molar-refractivity contribution in [3.8, 4) is 22.7 Å². The molecule has 0 atom stereocenters. The number of ether oxygens (including phenoxy) is 2. The summed E-state index contributed by atoms with van der Waals surface area (Å²) in [6.45, 7) is 4.07. The van der Waals surface area contributed by atoms with Crippen molar-refractivity contribution < 1.29 is 14.3 Å².